The number of ether oxygens (including phenoxy) is 1. The zero-order chi connectivity index (χ0) is 17.2. The molecule has 122 valence electrons. The maximum Gasteiger partial charge on any atom is 0.354 e. The van der Waals surface area contributed by atoms with Crippen LogP contribution in [0.3, 0.4) is 0 Å². The molecule has 4 nitrogen and oxygen atoms in total. The molecule has 3 aromatic carbocycles. The van der Waals surface area contributed by atoms with Crippen LogP contribution in [0.25, 0.3) is 21.7 Å². The average molecular weight is 329 g/mol. The van der Waals surface area contributed by atoms with E-state index in [9.17, 15) is 9.90 Å². The minimum absolute atomic E-state index is 0.0216. The van der Waals surface area contributed by atoms with Crippen LogP contribution < -0.4 is 4.74 Å². The Morgan fingerprint density at radius 3 is 2.48 bits per heavy atom. The van der Waals surface area contributed by atoms with Gasteiger partial charge < -0.3 is 9.84 Å². The number of fused-ring (bicyclic) bond motifs is 2. The lowest BCUT2D eigenvalue weighted by molar-refractivity contribution is 0.0690. The number of carbonyl (C=O) groups is 1. The van der Waals surface area contributed by atoms with E-state index in [-0.39, 0.29) is 5.69 Å². The van der Waals surface area contributed by atoms with Crippen molar-refractivity contribution in [3.8, 4) is 5.75 Å². The van der Waals surface area contributed by atoms with Crippen LogP contribution >= 0.6 is 0 Å². The Balaban J connectivity index is 1.74. The first-order chi connectivity index (χ1) is 12.2. The van der Waals surface area contributed by atoms with Gasteiger partial charge in [-0.3, -0.25) is 0 Å². The predicted molar refractivity (Wildman–Crippen MR) is 97.0 cm³/mol. The van der Waals surface area contributed by atoms with E-state index in [1.54, 1.807) is 6.07 Å². The standard InChI is InChI=1S/C21H15NO3/c23-21(24)19-12-20(17-10-3-4-11-18(17)22-19)25-13-15-8-5-7-14-6-1-2-9-16(14)15/h1-12H,13H2,(H,23,24). The molecule has 4 rings (SSSR count). The molecule has 0 fully saturated rings. The normalized spacial score (nSPS) is 10.9. The Morgan fingerprint density at radius 1 is 0.920 bits per heavy atom. The van der Waals surface area contributed by atoms with E-state index in [1.165, 1.54) is 6.07 Å². The lowest BCUT2D eigenvalue weighted by Crippen LogP contribution is -2.03. The summed E-state index contributed by atoms with van der Waals surface area (Å²) in [6, 6.07) is 23.0. The number of benzene rings is 3. The van der Waals surface area contributed by atoms with Crippen LogP contribution in [0.1, 0.15) is 16.1 Å². The summed E-state index contributed by atoms with van der Waals surface area (Å²) in [6.45, 7) is 0.356. The highest BCUT2D eigenvalue weighted by Gasteiger charge is 2.12. The molecule has 1 N–H and O–H groups in total. The van der Waals surface area contributed by atoms with Crippen LogP contribution in [0.15, 0.2) is 72.8 Å². The Labute approximate surface area is 144 Å². The van der Waals surface area contributed by atoms with Crippen LogP contribution in [-0.4, -0.2) is 16.1 Å². The highest BCUT2D eigenvalue weighted by molar-refractivity contribution is 5.93. The molecule has 0 aliphatic heterocycles. The van der Waals surface area contributed by atoms with Crippen molar-refractivity contribution in [1.29, 1.82) is 0 Å². The van der Waals surface area contributed by atoms with Crippen LogP contribution in [0, 0.1) is 0 Å². The first-order valence-corrected chi connectivity index (χ1v) is 7.95. The van der Waals surface area contributed by atoms with Gasteiger partial charge in [0, 0.05) is 11.5 Å². The molecule has 4 heteroatoms. The fraction of sp³-hybridized carbons (Fsp3) is 0.0476. The molecule has 0 spiro atoms. The van der Waals surface area contributed by atoms with Gasteiger partial charge in [0.05, 0.1) is 5.52 Å². The molecular weight excluding hydrogens is 314 g/mol. The van der Waals surface area contributed by atoms with Gasteiger partial charge in [0.25, 0.3) is 0 Å². The van der Waals surface area contributed by atoms with Crippen molar-refractivity contribution in [3.63, 3.8) is 0 Å². The fourth-order valence-corrected chi connectivity index (χ4v) is 2.95. The second kappa shape index (κ2) is 6.24. The number of nitrogens with zero attached hydrogens (tertiary/aromatic N) is 1. The molecule has 0 radical (unpaired) electrons. The largest absolute Gasteiger partial charge is 0.488 e. The van der Waals surface area contributed by atoms with Crippen molar-refractivity contribution in [3.05, 3.63) is 84.1 Å². The summed E-state index contributed by atoms with van der Waals surface area (Å²) >= 11 is 0. The first kappa shape index (κ1) is 15.1. The smallest absolute Gasteiger partial charge is 0.354 e. The quantitative estimate of drug-likeness (QED) is 0.591. The number of aromatic nitrogens is 1. The molecule has 0 saturated carbocycles. The second-order valence-corrected chi connectivity index (χ2v) is 5.75. The number of aromatic carboxylic acids is 1. The van der Waals surface area contributed by atoms with Crippen LogP contribution in [0.2, 0.25) is 0 Å². The van der Waals surface area contributed by atoms with E-state index < -0.39 is 5.97 Å². The zero-order valence-corrected chi connectivity index (χ0v) is 13.3. The van der Waals surface area contributed by atoms with Gasteiger partial charge in [0.2, 0.25) is 0 Å². The molecule has 0 atom stereocenters. The number of hydrogen-bond donors (Lipinski definition) is 1. The Morgan fingerprint density at radius 2 is 1.64 bits per heavy atom. The highest BCUT2D eigenvalue weighted by Crippen LogP contribution is 2.27. The first-order valence-electron chi connectivity index (χ1n) is 7.95. The maximum atomic E-state index is 11.3. The number of rotatable bonds is 4. The van der Waals surface area contributed by atoms with Crippen molar-refractivity contribution < 1.29 is 14.6 Å². The van der Waals surface area contributed by atoms with E-state index in [0.29, 0.717) is 17.9 Å². The Kier molecular flexibility index (Phi) is 3.78. The van der Waals surface area contributed by atoms with Gasteiger partial charge in [-0.1, -0.05) is 54.6 Å². The third-order valence-corrected chi connectivity index (χ3v) is 4.16. The zero-order valence-electron chi connectivity index (χ0n) is 13.3. The lowest BCUT2D eigenvalue weighted by atomic mass is 10.1. The van der Waals surface area contributed by atoms with Crippen molar-refractivity contribution in [1.82, 2.24) is 4.98 Å². The van der Waals surface area contributed by atoms with Crippen LogP contribution in [0.4, 0.5) is 0 Å². The van der Waals surface area contributed by atoms with Crippen molar-refractivity contribution >= 4 is 27.6 Å². The minimum Gasteiger partial charge on any atom is -0.488 e. The molecule has 1 aromatic heterocycles. The summed E-state index contributed by atoms with van der Waals surface area (Å²) in [5.74, 6) is -0.545. The number of carboxylic acids is 1. The third kappa shape index (κ3) is 2.90. The molecule has 0 bridgehead atoms. The second-order valence-electron chi connectivity index (χ2n) is 5.75. The third-order valence-electron chi connectivity index (χ3n) is 4.16. The Bertz CT molecular complexity index is 1080. The van der Waals surface area contributed by atoms with Gasteiger partial charge >= 0.3 is 5.97 Å². The van der Waals surface area contributed by atoms with Crippen molar-refractivity contribution in [2.75, 3.05) is 0 Å². The van der Waals surface area contributed by atoms with Gasteiger partial charge in [-0.2, -0.15) is 0 Å². The molecule has 0 saturated heterocycles. The topological polar surface area (TPSA) is 59.4 Å². The van der Waals surface area contributed by atoms with E-state index in [2.05, 4.69) is 23.2 Å². The van der Waals surface area contributed by atoms with Gasteiger partial charge in [-0.25, -0.2) is 9.78 Å². The summed E-state index contributed by atoms with van der Waals surface area (Å²) in [7, 11) is 0. The van der Waals surface area contributed by atoms with Crippen LogP contribution in [-0.2, 0) is 6.61 Å². The number of hydrogen-bond acceptors (Lipinski definition) is 3. The van der Waals surface area contributed by atoms with Gasteiger partial charge in [-0.15, -0.1) is 0 Å². The molecule has 0 unspecified atom stereocenters. The molecular formula is C21H15NO3. The molecule has 4 aromatic rings. The highest BCUT2D eigenvalue weighted by atomic mass is 16.5. The van der Waals surface area contributed by atoms with E-state index in [0.717, 1.165) is 21.7 Å². The molecule has 25 heavy (non-hydrogen) atoms. The minimum atomic E-state index is -1.07. The summed E-state index contributed by atoms with van der Waals surface area (Å²) in [5.41, 5.74) is 1.64. The Hall–Kier alpha value is -3.40. The number of carboxylic acid groups (broad SMARTS) is 1. The van der Waals surface area contributed by atoms with E-state index in [1.807, 2.05) is 42.5 Å². The van der Waals surface area contributed by atoms with Crippen molar-refractivity contribution in [2.45, 2.75) is 6.61 Å². The number of para-hydroxylation sites is 1. The SMILES string of the molecule is O=C(O)c1cc(OCc2cccc3ccccc23)c2ccccc2n1. The van der Waals surface area contributed by atoms with Crippen LogP contribution in [0.5, 0.6) is 5.75 Å². The predicted octanol–water partition coefficient (Wildman–Crippen LogP) is 4.67. The molecule has 1 heterocycles. The summed E-state index contributed by atoms with van der Waals surface area (Å²) < 4.78 is 6.00. The summed E-state index contributed by atoms with van der Waals surface area (Å²) in [6.07, 6.45) is 0. The maximum absolute atomic E-state index is 11.3. The lowest BCUT2D eigenvalue weighted by Gasteiger charge is -2.12. The fourth-order valence-electron chi connectivity index (χ4n) is 2.95. The van der Waals surface area contributed by atoms with Gasteiger partial charge in [0.1, 0.15) is 12.4 Å². The summed E-state index contributed by atoms with van der Waals surface area (Å²) in [4.78, 5) is 15.5. The molecule has 0 aliphatic carbocycles. The van der Waals surface area contributed by atoms with Gasteiger partial charge in [0.15, 0.2) is 5.69 Å². The monoisotopic (exact) mass is 329 g/mol. The van der Waals surface area contributed by atoms with Gasteiger partial charge in [-0.05, 0) is 28.5 Å². The molecule has 0 aliphatic rings. The summed E-state index contributed by atoms with van der Waals surface area (Å²) in [5, 5.41) is 12.4. The number of pyridine rings is 1. The molecule has 0 amide bonds. The average Bonchev–Trinajstić information content (AvgIpc) is 2.65. The van der Waals surface area contributed by atoms with E-state index in [4.69, 9.17) is 4.74 Å². The van der Waals surface area contributed by atoms with Crippen molar-refractivity contribution in [2.24, 2.45) is 0 Å². The van der Waals surface area contributed by atoms with E-state index >= 15 is 0 Å².